The highest BCUT2D eigenvalue weighted by Crippen LogP contribution is 2.40. The van der Waals surface area contributed by atoms with Gasteiger partial charge in [-0.25, -0.2) is 0 Å². The largest absolute Gasteiger partial charge is 0.412 e. The van der Waals surface area contributed by atoms with Crippen LogP contribution in [-0.2, 0) is 4.43 Å². The molecule has 0 amide bonds. The third-order valence-corrected chi connectivity index (χ3v) is 9.31. The highest BCUT2D eigenvalue weighted by atomic mass is 28.4. The van der Waals surface area contributed by atoms with Crippen LogP contribution in [0.25, 0.3) is 0 Å². The lowest BCUT2D eigenvalue weighted by Gasteiger charge is -2.39. The average Bonchev–Trinajstić information content (AvgIpc) is 2.65. The van der Waals surface area contributed by atoms with Gasteiger partial charge in [0.2, 0.25) is 0 Å². The first kappa shape index (κ1) is 13.5. The second kappa shape index (κ2) is 4.33. The Bertz CT molecular complexity index is 288. The van der Waals surface area contributed by atoms with Gasteiger partial charge in [0.05, 0.1) is 12.2 Å². The fraction of sp³-hybridized carbons (Fsp3) is 1.00. The Kier molecular flexibility index (Phi) is 3.45. The van der Waals surface area contributed by atoms with Crippen molar-refractivity contribution in [1.82, 2.24) is 4.90 Å². The van der Waals surface area contributed by atoms with Crippen LogP contribution in [0.2, 0.25) is 18.1 Å². The van der Waals surface area contributed by atoms with Gasteiger partial charge >= 0.3 is 0 Å². The second-order valence-electron chi connectivity index (χ2n) is 7.16. The molecule has 0 radical (unpaired) electrons. The van der Waals surface area contributed by atoms with Gasteiger partial charge in [-0.2, -0.15) is 0 Å². The first-order valence-corrected chi connectivity index (χ1v) is 9.71. The lowest BCUT2D eigenvalue weighted by molar-refractivity contribution is 0.137. The van der Waals surface area contributed by atoms with E-state index in [2.05, 4.69) is 38.8 Å². The summed E-state index contributed by atoms with van der Waals surface area (Å²) >= 11 is 0. The van der Waals surface area contributed by atoms with Gasteiger partial charge in [-0.05, 0) is 31.0 Å². The van der Waals surface area contributed by atoms with Crippen molar-refractivity contribution >= 4 is 8.32 Å². The molecule has 0 aromatic rings. The molecular weight excluding hydrogens is 230 g/mol. The van der Waals surface area contributed by atoms with E-state index in [1.165, 1.54) is 0 Å². The minimum absolute atomic E-state index is 0.134. The third kappa shape index (κ3) is 2.60. The molecule has 0 aromatic heterocycles. The Morgan fingerprint density at radius 3 is 2.53 bits per heavy atom. The zero-order valence-corrected chi connectivity index (χ0v) is 12.9. The zero-order valence-electron chi connectivity index (χ0n) is 11.9. The van der Waals surface area contributed by atoms with Crippen LogP contribution >= 0.6 is 0 Å². The van der Waals surface area contributed by atoms with Gasteiger partial charge in [-0.15, -0.1) is 0 Å². The van der Waals surface area contributed by atoms with Crippen molar-refractivity contribution in [2.75, 3.05) is 13.1 Å². The zero-order chi connectivity index (χ0) is 12.8. The molecule has 4 heteroatoms. The first-order chi connectivity index (χ1) is 7.71. The number of hydrogen-bond acceptors (Lipinski definition) is 3. The molecule has 2 saturated heterocycles. The van der Waals surface area contributed by atoms with Gasteiger partial charge in [0.25, 0.3) is 0 Å². The van der Waals surface area contributed by atoms with E-state index in [-0.39, 0.29) is 11.1 Å². The minimum atomic E-state index is -1.66. The summed E-state index contributed by atoms with van der Waals surface area (Å²) in [5, 5.41) is 10.0. The second-order valence-corrected chi connectivity index (χ2v) is 11.9. The van der Waals surface area contributed by atoms with E-state index in [0.717, 1.165) is 25.9 Å². The maximum Gasteiger partial charge on any atom is 0.192 e. The molecule has 2 heterocycles. The average molecular weight is 257 g/mol. The molecule has 0 unspecified atom stereocenters. The van der Waals surface area contributed by atoms with E-state index >= 15 is 0 Å². The Morgan fingerprint density at radius 2 is 1.94 bits per heavy atom. The molecule has 0 bridgehead atoms. The molecule has 100 valence electrons. The van der Waals surface area contributed by atoms with Crippen LogP contribution < -0.4 is 0 Å². The van der Waals surface area contributed by atoms with Crippen molar-refractivity contribution in [3.05, 3.63) is 0 Å². The molecule has 0 aromatic carbocycles. The van der Waals surface area contributed by atoms with Gasteiger partial charge < -0.3 is 9.53 Å². The van der Waals surface area contributed by atoms with E-state index in [1.54, 1.807) is 0 Å². The summed E-state index contributed by atoms with van der Waals surface area (Å²) in [6, 6.07) is 0.471. The van der Waals surface area contributed by atoms with Crippen molar-refractivity contribution < 1.29 is 9.53 Å². The fourth-order valence-electron chi connectivity index (χ4n) is 2.73. The number of aliphatic hydroxyl groups is 1. The van der Waals surface area contributed by atoms with Crippen LogP contribution in [0.15, 0.2) is 0 Å². The lowest BCUT2D eigenvalue weighted by Crippen LogP contribution is -2.46. The molecule has 3 atom stereocenters. The molecule has 0 saturated carbocycles. The van der Waals surface area contributed by atoms with Crippen LogP contribution in [-0.4, -0.2) is 49.7 Å². The number of fused-ring (bicyclic) bond motifs is 1. The van der Waals surface area contributed by atoms with E-state index < -0.39 is 8.32 Å². The Balaban J connectivity index is 2.01. The predicted octanol–water partition coefficient (Wildman–Crippen LogP) is 2.22. The lowest BCUT2D eigenvalue weighted by atomic mass is 10.1. The number of nitrogens with zero attached hydrogens (tertiary/aromatic N) is 1. The van der Waals surface area contributed by atoms with E-state index in [4.69, 9.17) is 4.43 Å². The number of rotatable bonds is 2. The molecule has 2 aliphatic rings. The summed E-state index contributed by atoms with van der Waals surface area (Å²) in [4.78, 5) is 2.41. The standard InChI is InChI=1S/C13H27NO2Si/c1-13(2,3)17(4,5)16-12-6-7-14-9-10(15)8-11(12)14/h10-12,15H,6-9H2,1-5H3/t10-,11-,12+/m1/s1. The van der Waals surface area contributed by atoms with E-state index in [0.29, 0.717) is 12.1 Å². The van der Waals surface area contributed by atoms with Gasteiger partial charge in [-0.3, -0.25) is 4.90 Å². The highest BCUT2D eigenvalue weighted by molar-refractivity contribution is 6.74. The molecule has 2 fully saturated rings. The van der Waals surface area contributed by atoms with Crippen LogP contribution in [0.3, 0.4) is 0 Å². The summed E-state index contributed by atoms with van der Waals surface area (Å²) in [5.41, 5.74) is 0. The summed E-state index contributed by atoms with van der Waals surface area (Å²) < 4.78 is 6.51. The summed E-state index contributed by atoms with van der Waals surface area (Å²) in [6.45, 7) is 13.4. The topological polar surface area (TPSA) is 32.7 Å². The molecule has 17 heavy (non-hydrogen) atoms. The van der Waals surface area contributed by atoms with Crippen molar-refractivity contribution in [2.24, 2.45) is 0 Å². The number of aliphatic hydroxyl groups excluding tert-OH is 1. The fourth-order valence-corrected chi connectivity index (χ4v) is 4.12. The monoisotopic (exact) mass is 257 g/mol. The molecule has 1 N–H and O–H groups in total. The maximum atomic E-state index is 9.73. The molecular formula is C13H27NO2Si. The normalized spacial score (nSPS) is 35.3. The minimum Gasteiger partial charge on any atom is -0.412 e. The van der Waals surface area contributed by atoms with Crippen molar-refractivity contribution in [1.29, 1.82) is 0 Å². The quantitative estimate of drug-likeness (QED) is 0.770. The molecule has 0 aliphatic carbocycles. The Morgan fingerprint density at radius 1 is 1.29 bits per heavy atom. The summed E-state index contributed by atoms with van der Waals surface area (Å²) in [7, 11) is -1.66. The molecule has 3 nitrogen and oxygen atoms in total. The Hall–Kier alpha value is 0.0969. The molecule has 0 spiro atoms. The molecule has 2 rings (SSSR count). The summed E-state index contributed by atoms with van der Waals surface area (Å²) in [5.74, 6) is 0. The third-order valence-electron chi connectivity index (χ3n) is 4.81. The molecule has 2 aliphatic heterocycles. The van der Waals surface area contributed by atoms with Gasteiger partial charge in [0.1, 0.15) is 0 Å². The van der Waals surface area contributed by atoms with Crippen molar-refractivity contribution in [3.63, 3.8) is 0 Å². The van der Waals surface area contributed by atoms with E-state index in [1.807, 2.05) is 0 Å². The van der Waals surface area contributed by atoms with Crippen LogP contribution in [0, 0.1) is 0 Å². The van der Waals surface area contributed by atoms with Gasteiger partial charge in [0.15, 0.2) is 8.32 Å². The maximum absolute atomic E-state index is 9.73. The SMILES string of the molecule is CC(C)(C)[Si](C)(C)O[C@H]1CCN2C[C@H](O)C[C@H]12. The van der Waals surface area contributed by atoms with Crippen LogP contribution in [0.4, 0.5) is 0 Å². The number of hydrogen-bond donors (Lipinski definition) is 1. The van der Waals surface area contributed by atoms with E-state index in [9.17, 15) is 5.11 Å². The van der Waals surface area contributed by atoms with Gasteiger partial charge in [-0.1, -0.05) is 20.8 Å². The highest BCUT2D eigenvalue weighted by Gasteiger charge is 2.46. The smallest absolute Gasteiger partial charge is 0.192 e. The van der Waals surface area contributed by atoms with Crippen LogP contribution in [0.1, 0.15) is 33.6 Å². The van der Waals surface area contributed by atoms with Crippen molar-refractivity contribution in [2.45, 2.75) is 70.0 Å². The Labute approximate surface area is 106 Å². The first-order valence-electron chi connectivity index (χ1n) is 6.81. The summed E-state index contributed by atoms with van der Waals surface area (Å²) in [6.07, 6.45) is 2.27. The van der Waals surface area contributed by atoms with Crippen molar-refractivity contribution in [3.8, 4) is 0 Å². The van der Waals surface area contributed by atoms with Gasteiger partial charge in [0, 0.05) is 19.1 Å². The predicted molar refractivity (Wildman–Crippen MR) is 72.7 cm³/mol. The van der Waals surface area contributed by atoms with Crippen LogP contribution in [0.5, 0.6) is 0 Å².